The Morgan fingerprint density at radius 1 is 1.45 bits per heavy atom. The topological polar surface area (TPSA) is 18.5 Å². The highest BCUT2D eigenvalue weighted by Gasteiger charge is 2.23. The van der Waals surface area contributed by atoms with Crippen molar-refractivity contribution in [3.8, 4) is 0 Å². The van der Waals surface area contributed by atoms with Gasteiger partial charge in [-0.25, -0.2) is 0 Å². The van der Waals surface area contributed by atoms with Crippen LogP contribution in [0.25, 0.3) is 0 Å². The Labute approximate surface area is 68.2 Å². The van der Waals surface area contributed by atoms with Gasteiger partial charge < -0.3 is 9.47 Å². The van der Waals surface area contributed by atoms with Crippen LogP contribution in [0, 0.1) is 0 Å². The van der Waals surface area contributed by atoms with Gasteiger partial charge in [-0.1, -0.05) is 6.08 Å². The largest absolute Gasteiger partial charge is 0.350 e. The highest BCUT2D eigenvalue weighted by atomic mass is 16.7. The summed E-state index contributed by atoms with van der Waals surface area (Å²) in [5, 5.41) is 0. The molecule has 64 valence electrons. The summed E-state index contributed by atoms with van der Waals surface area (Å²) in [5.41, 5.74) is 0. The van der Waals surface area contributed by atoms with E-state index >= 15 is 0 Å². The van der Waals surface area contributed by atoms with Gasteiger partial charge in [-0.15, -0.1) is 6.58 Å². The van der Waals surface area contributed by atoms with E-state index in [2.05, 4.69) is 13.5 Å². The number of hydrogen-bond acceptors (Lipinski definition) is 2. The summed E-state index contributed by atoms with van der Waals surface area (Å²) in [6.07, 6.45) is 4.39. The van der Waals surface area contributed by atoms with Crippen molar-refractivity contribution in [2.75, 3.05) is 0 Å². The van der Waals surface area contributed by atoms with Crippen molar-refractivity contribution in [3.63, 3.8) is 0 Å². The zero-order chi connectivity index (χ0) is 8.27. The molecule has 0 radical (unpaired) electrons. The first-order chi connectivity index (χ1) is 5.22. The molecule has 0 aromatic heterocycles. The van der Waals surface area contributed by atoms with Gasteiger partial charge in [-0.3, -0.25) is 0 Å². The van der Waals surface area contributed by atoms with E-state index in [1.165, 1.54) is 0 Å². The van der Waals surface area contributed by atoms with Crippen molar-refractivity contribution in [3.05, 3.63) is 12.7 Å². The van der Waals surface area contributed by atoms with E-state index in [9.17, 15) is 0 Å². The van der Waals surface area contributed by atoms with Gasteiger partial charge in [0.1, 0.15) is 0 Å². The van der Waals surface area contributed by atoms with Crippen LogP contribution in [0.1, 0.15) is 26.7 Å². The Hall–Kier alpha value is -0.340. The molecular weight excluding hydrogens is 140 g/mol. The lowest BCUT2D eigenvalue weighted by Gasteiger charge is -2.31. The number of hydrogen-bond donors (Lipinski definition) is 0. The van der Waals surface area contributed by atoms with Crippen LogP contribution >= 0.6 is 0 Å². The fraction of sp³-hybridized carbons (Fsp3) is 0.778. The Balaban J connectivity index is 2.36. The second-order valence-corrected chi connectivity index (χ2v) is 3.03. The van der Waals surface area contributed by atoms with Crippen LogP contribution in [0.5, 0.6) is 0 Å². The summed E-state index contributed by atoms with van der Waals surface area (Å²) in [5.74, 6) is 0. The van der Waals surface area contributed by atoms with Crippen LogP contribution in [0.2, 0.25) is 0 Å². The Morgan fingerprint density at radius 3 is 2.73 bits per heavy atom. The van der Waals surface area contributed by atoms with Gasteiger partial charge in [0.15, 0.2) is 6.29 Å². The lowest BCUT2D eigenvalue weighted by molar-refractivity contribution is -0.228. The fourth-order valence-electron chi connectivity index (χ4n) is 1.45. The first kappa shape index (κ1) is 8.75. The van der Waals surface area contributed by atoms with E-state index in [4.69, 9.17) is 9.47 Å². The summed E-state index contributed by atoms with van der Waals surface area (Å²) < 4.78 is 10.9. The maximum Gasteiger partial charge on any atom is 0.155 e. The first-order valence-corrected chi connectivity index (χ1v) is 4.14. The molecule has 0 bridgehead atoms. The Bertz CT molecular complexity index is 124. The van der Waals surface area contributed by atoms with Gasteiger partial charge in [-0.05, 0) is 20.3 Å². The summed E-state index contributed by atoms with van der Waals surface area (Å²) in [6.45, 7) is 7.70. The van der Waals surface area contributed by atoms with E-state index in [1.807, 2.05) is 13.0 Å². The van der Waals surface area contributed by atoms with Crippen LogP contribution in [0.4, 0.5) is 0 Å². The molecule has 1 saturated heterocycles. The summed E-state index contributed by atoms with van der Waals surface area (Å²) in [6, 6.07) is 0. The quantitative estimate of drug-likeness (QED) is 0.570. The second kappa shape index (κ2) is 3.88. The molecule has 0 aliphatic carbocycles. The van der Waals surface area contributed by atoms with Crippen LogP contribution < -0.4 is 0 Å². The first-order valence-electron chi connectivity index (χ1n) is 4.14. The molecule has 0 N–H and O–H groups in total. The predicted molar refractivity (Wildman–Crippen MR) is 44.3 cm³/mol. The monoisotopic (exact) mass is 156 g/mol. The molecule has 0 saturated carbocycles. The van der Waals surface area contributed by atoms with Gasteiger partial charge >= 0.3 is 0 Å². The highest BCUT2D eigenvalue weighted by molar-refractivity contribution is 4.77. The summed E-state index contributed by atoms with van der Waals surface area (Å²) in [7, 11) is 0. The average Bonchev–Trinajstić information content (AvgIpc) is 1.85. The maximum absolute atomic E-state index is 5.50. The molecule has 1 aliphatic heterocycles. The lowest BCUT2D eigenvalue weighted by Crippen LogP contribution is -2.34. The molecule has 0 aromatic rings. The molecule has 1 fully saturated rings. The van der Waals surface area contributed by atoms with Crippen molar-refractivity contribution < 1.29 is 9.47 Å². The Kier molecular flexibility index (Phi) is 3.09. The third-order valence-electron chi connectivity index (χ3n) is 1.83. The molecule has 11 heavy (non-hydrogen) atoms. The summed E-state index contributed by atoms with van der Waals surface area (Å²) in [4.78, 5) is 0. The van der Waals surface area contributed by atoms with E-state index in [0.717, 1.165) is 12.8 Å². The zero-order valence-electron chi connectivity index (χ0n) is 7.25. The average molecular weight is 156 g/mol. The Morgan fingerprint density at radius 2 is 2.18 bits per heavy atom. The third kappa shape index (κ3) is 2.64. The minimum Gasteiger partial charge on any atom is -0.350 e. The van der Waals surface area contributed by atoms with Crippen molar-refractivity contribution in [1.29, 1.82) is 0 Å². The lowest BCUT2D eigenvalue weighted by atomic mass is 10.1. The maximum atomic E-state index is 5.50. The smallest absolute Gasteiger partial charge is 0.155 e. The van der Waals surface area contributed by atoms with Gasteiger partial charge in [0.05, 0.1) is 12.2 Å². The standard InChI is InChI=1S/C9H16O2/c1-4-5-9-6-7(2)10-8(3)11-9/h4,7-9H,1,5-6H2,2-3H3. The van der Waals surface area contributed by atoms with Gasteiger partial charge in [0.25, 0.3) is 0 Å². The number of rotatable bonds is 2. The molecule has 2 nitrogen and oxygen atoms in total. The molecule has 0 aromatic carbocycles. The molecule has 1 heterocycles. The molecule has 2 heteroatoms. The van der Waals surface area contributed by atoms with Gasteiger partial charge in [0, 0.05) is 6.42 Å². The molecule has 0 amide bonds. The SMILES string of the molecule is C=CCC1CC(C)OC(C)O1. The molecule has 3 unspecified atom stereocenters. The van der Waals surface area contributed by atoms with Crippen molar-refractivity contribution in [2.45, 2.75) is 45.2 Å². The summed E-state index contributed by atoms with van der Waals surface area (Å²) >= 11 is 0. The van der Waals surface area contributed by atoms with Crippen molar-refractivity contribution >= 4 is 0 Å². The van der Waals surface area contributed by atoms with Crippen LogP contribution in [0.3, 0.4) is 0 Å². The van der Waals surface area contributed by atoms with E-state index in [0.29, 0.717) is 12.2 Å². The normalized spacial score (nSPS) is 38.5. The predicted octanol–water partition coefficient (Wildman–Crippen LogP) is 2.10. The molecule has 1 rings (SSSR count). The zero-order valence-corrected chi connectivity index (χ0v) is 7.25. The molecule has 1 aliphatic rings. The third-order valence-corrected chi connectivity index (χ3v) is 1.83. The minimum atomic E-state index is -0.0521. The number of ether oxygens (including phenoxy) is 2. The molecule has 0 spiro atoms. The van der Waals surface area contributed by atoms with E-state index < -0.39 is 0 Å². The van der Waals surface area contributed by atoms with E-state index in [-0.39, 0.29) is 6.29 Å². The van der Waals surface area contributed by atoms with Gasteiger partial charge in [0.2, 0.25) is 0 Å². The van der Waals surface area contributed by atoms with E-state index in [1.54, 1.807) is 0 Å². The van der Waals surface area contributed by atoms with Crippen molar-refractivity contribution in [2.24, 2.45) is 0 Å². The van der Waals surface area contributed by atoms with Crippen LogP contribution in [-0.2, 0) is 9.47 Å². The molecular formula is C9H16O2. The molecule has 3 atom stereocenters. The second-order valence-electron chi connectivity index (χ2n) is 3.03. The van der Waals surface area contributed by atoms with Gasteiger partial charge in [-0.2, -0.15) is 0 Å². The van der Waals surface area contributed by atoms with Crippen LogP contribution in [0.15, 0.2) is 12.7 Å². The highest BCUT2D eigenvalue weighted by Crippen LogP contribution is 2.19. The fourth-order valence-corrected chi connectivity index (χ4v) is 1.45. The van der Waals surface area contributed by atoms with Crippen molar-refractivity contribution in [1.82, 2.24) is 0 Å². The van der Waals surface area contributed by atoms with Crippen LogP contribution in [-0.4, -0.2) is 18.5 Å². The minimum absolute atomic E-state index is 0.0521.